The molecule has 0 bridgehead atoms. The lowest BCUT2D eigenvalue weighted by Crippen LogP contribution is -2.38. The van der Waals surface area contributed by atoms with Gasteiger partial charge in [0.15, 0.2) is 4.77 Å². The van der Waals surface area contributed by atoms with Gasteiger partial charge in [0.2, 0.25) is 0 Å². The van der Waals surface area contributed by atoms with Crippen LogP contribution in [-0.2, 0) is 12.2 Å². The summed E-state index contributed by atoms with van der Waals surface area (Å²) in [4.78, 5) is 2.36. The molecule has 6 heteroatoms. The Balaban J connectivity index is 1.99. The summed E-state index contributed by atoms with van der Waals surface area (Å²) in [6, 6.07) is 0. The van der Waals surface area contributed by atoms with Crippen molar-refractivity contribution in [3.05, 3.63) is 11.1 Å². The molecule has 20 heavy (non-hydrogen) atoms. The summed E-state index contributed by atoms with van der Waals surface area (Å²) in [5.74, 6) is 0.436. The minimum absolute atomic E-state index is 0.0331. The molecule has 1 aromatic rings. The van der Waals surface area contributed by atoms with Gasteiger partial charge in [0, 0.05) is 18.6 Å². The number of aliphatic hydroxyl groups excluding tert-OH is 1. The molecule has 0 radical (unpaired) electrons. The van der Waals surface area contributed by atoms with Gasteiger partial charge in [-0.3, -0.25) is 4.90 Å². The number of rotatable bonds is 3. The Morgan fingerprint density at radius 3 is 2.45 bits per heavy atom. The quantitative estimate of drug-likeness (QED) is 0.869. The van der Waals surface area contributed by atoms with Crippen LogP contribution in [0, 0.1) is 10.7 Å². The molecule has 1 saturated heterocycles. The van der Waals surface area contributed by atoms with Gasteiger partial charge in [-0.05, 0) is 58.7 Å². The highest BCUT2D eigenvalue weighted by Crippen LogP contribution is 2.21. The molecule has 1 atom stereocenters. The minimum Gasteiger partial charge on any atom is -0.393 e. The van der Waals surface area contributed by atoms with E-state index in [1.165, 1.54) is 0 Å². The number of piperidine rings is 1. The maximum Gasteiger partial charge on any atom is 0.199 e. The van der Waals surface area contributed by atoms with Crippen LogP contribution in [0.3, 0.4) is 0 Å². The van der Waals surface area contributed by atoms with Crippen molar-refractivity contribution in [3.8, 4) is 0 Å². The molecule has 0 aliphatic carbocycles. The van der Waals surface area contributed by atoms with Gasteiger partial charge >= 0.3 is 0 Å². The normalized spacial score (nSPS) is 20.2. The number of aromatic nitrogens is 3. The Kier molecular flexibility index (Phi) is 4.66. The predicted octanol–water partition coefficient (Wildman–Crippen LogP) is 2.22. The second-order valence-electron chi connectivity index (χ2n) is 6.79. The number of hydrogen-bond acceptors (Lipinski definition) is 4. The monoisotopic (exact) mass is 298 g/mol. The standard InChI is InChI=1S/C14H26N4OS/c1-11(19)12-5-7-16(8-6-12)10-18-13(20)17(9-15-18)14(2,3)4/h9,11-12,19H,5-8,10H2,1-4H3. The maximum absolute atomic E-state index is 9.63. The van der Waals surface area contributed by atoms with Crippen LogP contribution in [-0.4, -0.2) is 43.5 Å². The summed E-state index contributed by atoms with van der Waals surface area (Å²) >= 11 is 5.50. The van der Waals surface area contributed by atoms with Crippen LogP contribution in [0.25, 0.3) is 0 Å². The molecule has 0 amide bonds. The van der Waals surface area contributed by atoms with Gasteiger partial charge < -0.3 is 9.67 Å². The van der Waals surface area contributed by atoms with Gasteiger partial charge in [0.25, 0.3) is 0 Å². The summed E-state index contributed by atoms with van der Waals surface area (Å²) in [6.07, 6.45) is 3.72. The van der Waals surface area contributed by atoms with Crippen LogP contribution in [0.1, 0.15) is 40.5 Å². The van der Waals surface area contributed by atoms with Crippen molar-refractivity contribution in [1.82, 2.24) is 19.2 Å². The van der Waals surface area contributed by atoms with Crippen molar-refractivity contribution in [2.24, 2.45) is 5.92 Å². The van der Waals surface area contributed by atoms with Gasteiger partial charge in [-0.1, -0.05) is 0 Å². The Morgan fingerprint density at radius 2 is 2.00 bits per heavy atom. The van der Waals surface area contributed by atoms with Gasteiger partial charge in [-0.25, -0.2) is 4.68 Å². The summed E-state index contributed by atoms with van der Waals surface area (Å²) in [7, 11) is 0. The first-order valence-electron chi connectivity index (χ1n) is 7.34. The molecule has 1 unspecified atom stereocenters. The summed E-state index contributed by atoms with van der Waals surface area (Å²) in [6.45, 7) is 11.0. The van der Waals surface area contributed by atoms with Crippen molar-refractivity contribution in [2.45, 2.75) is 58.8 Å². The van der Waals surface area contributed by atoms with E-state index in [-0.39, 0.29) is 11.6 Å². The third kappa shape index (κ3) is 3.48. The fourth-order valence-corrected chi connectivity index (χ4v) is 3.09. The first-order chi connectivity index (χ1) is 9.29. The molecule has 5 nitrogen and oxygen atoms in total. The molecular formula is C14H26N4OS. The summed E-state index contributed by atoms with van der Waals surface area (Å²) in [5, 5.41) is 14.0. The number of hydrogen-bond donors (Lipinski definition) is 1. The molecule has 1 aliphatic rings. The molecule has 0 spiro atoms. The zero-order chi connectivity index (χ0) is 14.9. The second-order valence-corrected chi connectivity index (χ2v) is 7.16. The largest absolute Gasteiger partial charge is 0.393 e. The van der Waals surface area contributed by atoms with E-state index >= 15 is 0 Å². The highest BCUT2D eigenvalue weighted by Gasteiger charge is 2.23. The third-order valence-corrected chi connectivity index (χ3v) is 4.51. The molecule has 1 aliphatic heterocycles. The number of likely N-dealkylation sites (tertiary alicyclic amines) is 1. The average molecular weight is 298 g/mol. The van der Waals surface area contributed by atoms with Gasteiger partial charge in [-0.2, -0.15) is 5.10 Å². The average Bonchev–Trinajstić information content (AvgIpc) is 2.71. The highest BCUT2D eigenvalue weighted by atomic mass is 32.1. The van der Waals surface area contributed by atoms with Gasteiger partial charge in [0.05, 0.1) is 12.8 Å². The van der Waals surface area contributed by atoms with Crippen LogP contribution in [0.4, 0.5) is 0 Å². The smallest absolute Gasteiger partial charge is 0.199 e. The van der Waals surface area contributed by atoms with Crippen LogP contribution < -0.4 is 0 Å². The fourth-order valence-electron chi connectivity index (χ4n) is 2.66. The molecule has 0 saturated carbocycles. The zero-order valence-corrected chi connectivity index (χ0v) is 13.7. The van der Waals surface area contributed by atoms with Crippen molar-refractivity contribution >= 4 is 12.2 Å². The molecule has 0 aromatic carbocycles. The van der Waals surface area contributed by atoms with Crippen LogP contribution in [0.2, 0.25) is 0 Å². The fraction of sp³-hybridized carbons (Fsp3) is 0.857. The Hall–Kier alpha value is -0.720. The van der Waals surface area contributed by atoms with E-state index in [0.29, 0.717) is 5.92 Å². The molecule has 2 heterocycles. The number of nitrogens with zero attached hydrogens (tertiary/aromatic N) is 4. The van der Waals surface area contributed by atoms with E-state index in [1.807, 2.05) is 22.5 Å². The Labute approximate surface area is 126 Å². The van der Waals surface area contributed by atoms with Crippen LogP contribution in [0.15, 0.2) is 6.33 Å². The predicted molar refractivity (Wildman–Crippen MR) is 82.0 cm³/mol. The van der Waals surface area contributed by atoms with Crippen LogP contribution in [0.5, 0.6) is 0 Å². The van der Waals surface area contributed by atoms with Crippen molar-refractivity contribution in [3.63, 3.8) is 0 Å². The van der Waals surface area contributed by atoms with E-state index in [1.54, 1.807) is 0 Å². The van der Waals surface area contributed by atoms with E-state index in [0.717, 1.165) is 37.4 Å². The summed E-state index contributed by atoms with van der Waals surface area (Å²) < 4.78 is 4.70. The topological polar surface area (TPSA) is 46.2 Å². The maximum atomic E-state index is 9.63. The van der Waals surface area contributed by atoms with Gasteiger partial charge in [0.1, 0.15) is 6.33 Å². The molecule has 1 fully saturated rings. The van der Waals surface area contributed by atoms with E-state index in [4.69, 9.17) is 12.2 Å². The lowest BCUT2D eigenvalue weighted by Gasteiger charge is -2.32. The van der Waals surface area contributed by atoms with E-state index in [2.05, 4.69) is 30.8 Å². The van der Waals surface area contributed by atoms with E-state index in [9.17, 15) is 5.11 Å². The lowest BCUT2D eigenvalue weighted by atomic mass is 9.92. The van der Waals surface area contributed by atoms with Crippen molar-refractivity contribution in [2.75, 3.05) is 13.1 Å². The summed E-state index contributed by atoms with van der Waals surface area (Å²) in [5.41, 5.74) is -0.0331. The van der Waals surface area contributed by atoms with Crippen LogP contribution >= 0.6 is 12.2 Å². The lowest BCUT2D eigenvalue weighted by molar-refractivity contribution is 0.0590. The molecule has 1 aromatic heterocycles. The van der Waals surface area contributed by atoms with Crippen molar-refractivity contribution in [1.29, 1.82) is 0 Å². The number of aliphatic hydroxyl groups is 1. The molecule has 2 rings (SSSR count). The first-order valence-corrected chi connectivity index (χ1v) is 7.75. The zero-order valence-electron chi connectivity index (χ0n) is 12.9. The third-order valence-electron chi connectivity index (χ3n) is 4.10. The highest BCUT2D eigenvalue weighted by molar-refractivity contribution is 7.71. The minimum atomic E-state index is -0.195. The molecule has 1 N–H and O–H groups in total. The molecular weight excluding hydrogens is 272 g/mol. The van der Waals surface area contributed by atoms with Crippen molar-refractivity contribution < 1.29 is 5.11 Å². The Bertz CT molecular complexity index is 492. The molecule has 114 valence electrons. The second kappa shape index (κ2) is 5.95. The first kappa shape index (κ1) is 15.7. The SMILES string of the molecule is CC(O)C1CCN(Cn2ncn(C(C)(C)C)c2=S)CC1. The van der Waals surface area contributed by atoms with E-state index < -0.39 is 0 Å². The Morgan fingerprint density at radius 1 is 1.40 bits per heavy atom. The van der Waals surface area contributed by atoms with Gasteiger partial charge in [-0.15, -0.1) is 0 Å².